The number of nitrogens with one attached hydrogen (secondary N) is 2. The van der Waals surface area contributed by atoms with Crippen molar-refractivity contribution in [1.82, 2.24) is 20.2 Å². The van der Waals surface area contributed by atoms with E-state index in [1.807, 2.05) is 13.0 Å². The second-order valence-corrected chi connectivity index (χ2v) is 5.25. The SMILES string of the molecule is Cc1cccc(=O)n1CCC(=O)NCCNC(=O)c1cccnc1. The van der Waals surface area contributed by atoms with Gasteiger partial charge in [-0.1, -0.05) is 6.07 Å². The molecular weight excluding hydrogens is 308 g/mol. The van der Waals surface area contributed by atoms with E-state index >= 15 is 0 Å². The van der Waals surface area contributed by atoms with Crippen molar-refractivity contribution >= 4 is 11.8 Å². The molecular formula is C17H20N4O3. The first-order valence-electron chi connectivity index (χ1n) is 7.69. The lowest BCUT2D eigenvalue weighted by atomic mass is 10.3. The lowest BCUT2D eigenvalue weighted by Crippen LogP contribution is -2.35. The predicted molar refractivity (Wildman–Crippen MR) is 89.6 cm³/mol. The molecule has 7 heteroatoms. The van der Waals surface area contributed by atoms with E-state index in [1.54, 1.807) is 29.0 Å². The van der Waals surface area contributed by atoms with Crippen molar-refractivity contribution in [3.63, 3.8) is 0 Å². The minimum atomic E-state index is -0.233. The Morgan fingerprint density at radius 1 is 1.12 bits per heavy atom. The Hall–Kier alpha value is -2.96. The molecule has 0 aliphatic rings. The van der Waals surface area contributed by atoms with Crippen LogP contribution in [0.15, 0.2) is 47.5 Å². The third-order valence-corrected chi connectivity index (χ3v) is 3.49. The Morgan fingerprint density at radius 2 is 1.92 bits per heavy atom. The summed E-state index contributed by atoms with van der Waals surface area (Å²) in [6, 6.07) is 8.34. The van der Waals surface area contributed by atoms with Crippen molar-refractivity contribution in [2.45, 2.75) is 19.9 Å². The molecule has 0 fully saturated rings. The maximum absolute atomic E-state index is 11.8. The number of carbonyl (C=O) groups is 2. The lowest BCUT2D eigenvalue weighted by Gasteiger charge is -2.10. The van der Waals surface area contributed by atoms with Crippen LogP contribution in [-0.2, 0) is 11.3 Å². The number of hydrogen-bond donors (Lipinski definition) is 2. The first-order chi connectivity index (χ1) is 11.6. The number of aromatic nitrogens is 2. The number of hydrogen-bond acceptors (Lipinski definition) is 4. The van der Waals surface area contributed by atoms with E-state index in [2.05, 4.69) is 15.6 Å². The fourth-order valence-corrected chi connectivity index (χ4v) is 2.19. The highest BCUT2D eigenvalue weighted by Gasteiger charge is 2.06. The molecule has 0 unspecified atom stereocenters. The third-order valence-electron chi connectivity index (χ3n) is 3.49. The normalized spacial score (nSPS) is 10.2. The van der Waals surface area contributed by atoms with Crippen molar-refractivity contribution < 1.29 is 9.59 Å². The summed E-state index contributed by atoms with van der Waals surface area (Å²) in [5.41, 5.74) is 1.17. The van der Waals surface area contributed by atoms with Gasteiger partial charge in [0.15, 0.2) is 0 Å². The van der Waals surface area contributed by atoms with Gasteiger partial charge < -0.3 is 15.2 Å². The number of aryl methyl sites for hydroxylation is 1. The first-order valence-corrected chi connectivity index (χ1v) is 7.69. The van der Waals surface area contributed by atoms with Crippen LogP contribution in [0.5, 0.6) is 0 Å². The second kappa shape index (κ2) is 8.61. The smallest absolute Gasteiger partial charge is 0.252 e. The first kappa shape index (κ1) is 17.4. The molecule has 2 aromatic heterocycles. The predicted octanol–water partition coefficient (Wildman–Crippen LogP) is 0.488. The van der Waals surface area contributed by atoms with Gasteiger partial charge in [0.2, 0.25) is 5.91 Å². The van der Waals surface area contributed by atoms with Gasteiger partial charge in [0.25, 0.3) is 11.5 Å². The molecule has 2 N–H and O–H groups in total. The molecule has 0 saturated carbocycles. The van der Waals surface area contributed by atoms with E-state index in [1.165, 1.54) is 12.3 Å². The average molecular weight is 328 g/mol. The van der Waals surface area contributed by atoms with Crippen molar-refractivity contribution in [2.75, 3.05) is 13.1 Å². The zero-order chi connectivity index (χ0) is 17.4. The molecule has 0 atom stereocenters. The van der Waals surface area contributed by atoms with Gasteiger partial charge in [-0.15, -0.1) is 0 Å². The Labute approximate surface area is 139 Å². The highest BCUT2D eigenvalue weighted by atomic mass is 16.2. The van der Waals surface area contributed by atoms with Crippen molar-refractivity contribution in [3.05, 3.63) is 64.3 Å². The molecule has 2 heterocycles. The van der Waals surface area contributed by atoms with Gasteiger partial charge in [0, 0.05) is 50.2 Å². The summed E-state index contributed by atoms with van der Waals surface area (Å²) in [6.45, 7) is 2.81. The van der Waals surface area contributed by atoms with Crippen LogP contribution in [0.1, 0.15) is 22.5 Å². The highest BCUT2D eigenvalue weighted by Crippen LogP contribution is 1.96. The van der Waals surface area contributed by atoms with Gasteiger partial charge in [0.1, 0.15) is 0 Å². The van der Waals surface area contributed by atoms with Gasteiger partial charge in [-0.25, -0.2) is 0 Å². The van der Waals surface area contributed by atoms with Gasteiger partial charge in [0.05, 0.1) is 5.56 Å². The highest BCUT2D eigenvalue weighted by molar-refractivity contribution is 5.93. The van der Waals surface area contributed by atoms with Crippen LogP contribution in [0, 0.1) is 6.92 Å². The summed E-state index contributed by atoms with van der Waals surface area (Å²) in [6.07, 6.45) is 3.28. The molecule has 0 aliphatic carbocycles. The summed E-state index contributed by atoms with van der Waals surface area (Å²) in [5, 5.41) is 5.41. The largest absolute Gasteiger partial charge is 0.354 e. The quantitative estimate of drug-likeness (QED) is 0.723. The van der Waals surface area contributed by atoms with E-state index in [0.717, 1.165) is 5.69 Å². The molecule has 0 spiro atoms. The summed E-state index contributed by atoms with van der Waals surface area (Å²) in [4.78, 5) is 39.1. The molecule has 24 heavy (non-hydrogen) atoms. The zero-order valence-electron chi connectivity index (χ0n) is 13.5. The maximum atomic E-state index is 11.8. The zero-order valence-corrected chi connectivity index (χ0v) is 13.5. The number of nitrogens with zero attached hydrogens (tertiary/aromatic N) is 2. The molecule has 0 saturated heterocycles. The molecule has 2 amide bonds. The molecule has 0 aromatic carbocycles. The standard InChI is InChI=1S/C17H20N4O3/c1-13-4-2-6-16(23)21(13)11-7-15(22)19-9-10-20-17(24)14-5-3-8-18-12-14/h2-6,8,12H,7,9-11H2,1H3,(H,19,22)(H,20,24). The number of carbonyl (C=O) groups excluding carboxylic acids is 2. The van der Waals surface area contributed by atoms with Crippen LogP contribution in [0.25, 0.3) is 0 Å². The Morgan fingerprint density at radius 3 is 2.62 bits per heavy atom. The molecule has 0 bridgehead atoms. The van der Waals surface area contributed by atoms with Gasteiger partial charge >= 0.3 is 0 Å². The van der Waals surface area contributed by atoms with Crippen LogP contribution in [0.2, 0.25) is 0 Å². The van der Waals surface area contributed by atoms with Crippen molar-refractivity contribution in [2.24, 2.45) is 0 Å². The Bertz CT molecular complexity index is 756. The van der Waals surface area contributed by atoms with E-state index in [-0.39, 0.29) is 23.8 Å². The lowest BCUT2D eigenvalue weighted by molar-refractivity contribution is -0.121. The summed E-state index contributed by atoms with van der Waals surface area (Å²) in [5.74, 6) is -0.399. The average Bonchev–Trinajstić information content (AvgIpc) is 2.59. The van der Waals surface area contributed by atoms with Crippen LogP contribution in [-0.4, -0.2) is 34.5 Å². The Balaban J connectivity index is 1.69. The van der Waals surface area contributed by atoms with E-state index in [9.17, 15) is 14.4 Å². The molecule has 0 aliphatic heterocycles. The van der Waals surface area contributed by atoms with E-state index in [4.69, 9.17) is 0 Å². The van der Waals surface area contributed by atoms with Crippen LogP contribution >= 0.6 is 0 Å². The third kappa shape index (κ3) is 5.05. The van der Waals surface area contributed by atoms with E-state index < -0.39 is 0 Å². The number of rotatable bonds is 7. The number of pyridine rings is 2. The minimum absolute atomic E-state index is 0.119. The minimum Gasteiger partial charge on any atom is -0.354 e. The topological polar surface area (TPSA) is 93.1 Å². The molecule has 2 rings (SSSR count). The maximum Gasteiger partial charge on any atom is 0.252 e. The monoisotopic (exact) mass is 328 g/mol. The fraction of sp³-hybridized carbons (Fsp3) is 0.294. The second-order valence-electron chi connectivity index (χ2n) is 5.25. The van der Waals surface area contributed by atoms with Crippen LogP contribution in [0.4, 0.5) is 0 Å². The summed E-state index contributed by atoms with van der Waals surface area (Å²) >= 11 is 0. The van der Waals surface area contributed by atoms with Crippen molar-refractivity contribution in [1.29, 1.82) is 0 Å². The number of amides is 2. The van der Waals surface area contributed by atoms with Crippen molar-refractivity contribution in [3.8, 4) is 0 Å². The van der Waals surface area contributed by atoms with Gasteiger partial charge in [-0.3, -0.25) is 19.4 Å². The summed E-state index contributed by atoms with van der Waals surface area (Å²) < 4.78 is 1.56. The van der Waals surface area contributed by atoms with Gasteiger partial charge in [-0.05, 0) is 25.1 Å². The molecule has 126 valence electrons. The molecule has 0 radical (unpaired) electrons. The van der Waals surface area contributed by atoms with Crippen LogP contribution in [0.3, 0.4) is 0 Å². The molecule has 2 aromatic rings. The van der Waals surface area contributed by atoms with E-state index in [0.29, 0.717) is 25.2 Å². The van der Waals surface area contributed by atoms with Gasteiger partial charge in [-0.2, -0.15) is 0 Å². The molecule has 7 nitrogen and oxygen atoms in total. The van der Waals surface area contributed by atoms with Crippen LogP contribution < -0.4 is 16.2 Å². The fourth-order valence-electron chi connectivity index (χ4n) is 2.19. The Kier molecular flexibility index (Phi) is 6.24. The summed E-state index contributed by atoms with van der Waals surface area (Å²) in [7, 11) is 0.